The van der Waals surface area contributed by atoms with Crippen molar-refractivity contribution in [2.75, 3.05) is 0 Å². The Labute approximate surface area is 137 Å². The molecule has 0 aromatic carbocycles. The summed E-state index contributed by atoms with van der Waals surface area (Å²) in [5.41, 5.74) is -1.18. The van der Waals surface area contributed by atoms with Gasteiger partial charge < -0.3 is 15.7 Å². The zero-order valence-corrected chi connectivity index (χ0v) is 14.1. The van der Waals surface area contributed by atoms with Gasteiger partial charge in [-0.2, -0.15) is 0 Å². The highest BCUT2D eigenvalue weighted by molar-refractivity contribution is 5.92. The zero-order valence-electron chi connectivity index (χ0n) is 14.1. The van der Waals surface area contributed by atoms with E-state index in [4.69, 9.17) is 0 Å². The third kappa shape index (κ3) is 4.24. The van der Waals surface area contributed by atoms with E-state index in [0.717, 1.165) is 38.5 Å². The van der Waals surface area contributed by atoms with Gasteiger partial charge in [-0.05, 0) is 51.4 Å². The lowest BCUT2D eigenvalue weighted by molar-refractivity contribution is -0.150. The number of carboxylic acid groups (broad SMARTS) is 1. The summed E-state index contributed by atoms with van der Waals surface area (Å²) < 4.78 is 0. The number of aliphatic carboxylic acids is 1. The molecule has 2 amide bonds. The van der Waals surface area contributed by atoms with Crippen LogP contribution >= 0.6 is 0 Å². The molecule has 2 aliphatic rings. The minimum atomic E-state index is -1.18. The summed E-state index contributed by atoms with van der Waals surface area (Å²) >= 11 is 0. The molecule has 0 radical (unpaired) electrons. The lowest BCUT2D eigenvalue weighted by atomic mass is 9.77. The second-order valence-corrected chi connectivity index (χ2v) is 7.27. The smallest absolute Gasteiger partial charge is 0.329 e. The maximum Gasteiger partial charge on any atom is 0.329 e. The summed E-state index contributed by atoms with van der Waals surface area (Å²) in [4.78, 5) is 36.1. The second kappa shape index (κ2) is 7.32. The Hall–Kier alpha value is -1.59. The maximum absolute atomic E-state index is 12.4. The number of amides is 2. The number of carbonyl (C=O) groups is 3. The van der Waals surface area contributed by atoms with E-state index >= 15 is 0 Å². The van der Waals surface area contributed by atoms with Gasteiger partial charge in [0.2, 0.25) is 11.8 Å². The first-order valence-corrected chi connectivity index (χ1v) is 8.70. The number of carbonyl (C=O) groups excluding carboxylic acids is 2. The monoisotopic (exact) mass is 324 g/mol. The van der Waals surface area contributed by atoms with Crippen molar-refractivity contribution in [2.45, 2.75) is 76.8 Å². The second-order valence-electron chi connectivity index (χ2n) is 7.27. The number of nitrogens with one attached hydrogen (secondary N) is 2. The van der Waals surface area contributed by atoms with Crippen LogP contribution in [0.2, 0.25) is 0 Å². The highest BCUT2D eigenvalue weighted by Crippen LogP contribution is 2.32. The lowest BCUT2D eigenvalue weighted by Crippen LogP contribution is -2.60. The van der Waals surface area contributed by atoms with Gasteiger partial charge in [0.05, 0.1) is 0 Å². The van der Waals surface area contributed by atoms with E-state index in [1.807, 2.05) is 0 Å². The van der Waals surface area contributed by atoms with Crippen molar-refractivity contribution in [3.63, 3.8) is 0 Å². The van der Waals surface area contributed by atoms with E-state index in [9.17, 15) is 19.5 Å². The molecule has 130 valence electrons. The average molecular weight is 324 g/mol. The van der Waals surface area contributed by atoms with Crippen LogP contribution in [0.25, 0.3) is 0 Å². The summed E-state index contributed by atoms with van der Waals surface area (Å²) in [6.07, 6.45) is 6.31. The molecule has 1 atom stereocenters. The summed E-state index contributed by atoms with van der Waals surface area (Å²) in [5.74, 6) is -1.000. The molecule has 2 rings (SSSR count). The van der Waals surface area contributed by atoms with Crippen LogP contribution in [0.4, 0.5) is 0 Å². The highest BCUT2D eigenvalue weighted by Gasteiger charge is 2.43. The van der Waals surface area contributed by atoms with Crippen molar-refractivity contribution in [3.8, 4) is 0 Å². The molecule has 0 bridgehead atoms. The number of hydrogen-bond acceptors (Lipinski definition) is 3. The van der Waals surface area contributed by atoms with Crippen LogP contribution in [0.5, 0.6) is 0 Å². The molecular formula is C17H28N2O4. The predicted octanol–water partition coefficient (Wildman–Crippen LogP) is 1.83. The molecular weight excluding hydrogens is 296 g/mol. The molecule has 0 aromatic heterocycles. The van der Waals surface area contributed by atoms with E-state index in [1.165, 1.54) is 0 Å². The predicted molar refractivity (Wildman–Crippen MR) is 85.7 cm³/mol. The Morgan fingerprint density at radius 3 is 2.17 bits per heavy atom. The van der Waals surface area contributed by atoms with Crippen LogP contribution in [-0.2, 0) is 14.4 Å². The Morgan fingerprint density at radius 2 is 1.65 bits per heavy atom. The van der Waals surface area contributed by atoms with Crippen LogP contribution in [-0.4, -0.2) is 34.5 Å². The minimum absolute atomic E-state index is 0.00536. The summed E-state index contributed by atoms with van der Waals surface area (Å²) in [5, 5.41) is 15.0. The van der Waals surface area contributed by atoms with Crippen LogP contribution in [0, 0.1) is 11.8 Å². The maximum atomic E-state index is 12.4. The molecule has 0 heterocycles. The standard InChI is InChI=1S/C17H28N2O4/c1-11-7-9-17(10-8-11,16(22)23)19-14(20)12(2)18-15(21)13-5-3-4-6-13/h11-13H,3-10H2,1-2H3,(H,18,21)(H,19,20)(H,22,23). The van der Waals surface area contributed by atoms with E-state index < -0.39 is 23.5 Å². The Kier molecular flexibility index (Phi) is 5.65. The summed E-state index contributed by atoms with van der Waals surface area (Å²) in [6.45, 7) is 3.71. The van der Waals surface area contributed by atoms with Crippen molar-refractivity contribution in [3.05, 3.63) is 0 Å². The summed E-state index contributed by atoms with van der Waals surface area (Å²) in [6, 6.07) is -0.710. The van der Waals surface area contributed by atoms with Crippen molar-refractivity contribution in [2.24, 2.45) is 11.8 Å². The fraction of sp³-hybridized carbons (Fsp3) is 0.824. The van der Waals surface area contributed by atoms with Crippen molar-refractivity contribution in [1.82, 2.24) is 10.6 Å². The molecule has 0 aromatic rings. The van der Waals surface area contributed by atoms with Gasteiger partial charge in [-0.3, -0.25) is 9.59 Å². The van der Waals surface area contributed by atoms with Crippen LogP contribution in [0.1, 0.15) is 65.2 Å². The van der Waals surface area contributed by atoms with Gasteiger partial charge in [0.25, 0.3) is 0 Å². The third-order valence-corrected chi connectivity index (χ3v) is 5.38. The van der Waals surface area contributed by atoms with Gasteiger partial charge in [0.15, 0.2) is 0 Å². The molecule has 0 aliphatic heterocycles. The van der Waals surface area contributed by atoms with Crippen LogP contribution in [0.3, 0.4) is 0 Å². The first-order chi connectivity index (χ1) is 10.8. The molecule has 0 spiro atoms. The van der Waals surface area contributed by atoms with Crippen molar-refractivity contribution >= 4 is 17.8 Å². The van der Waals surface area contributed by atoms with Crippen molar-refractivity contribution in [1.29, 1.82) is 0 Å². The largest absolute Gasteiger partial charge is 0.480 e. The first kappa shape index (κ1) is 17.8. The third-order valence-electron chi connectivity index (χ3n) is 5.38. The van der Waals surface area contributed by atoms with E-state index in [0.29, 0.717) is 18.8 Å². The molecule has 0 saturated heterocycles. The van der Waals surface area contributed by atoms with E-state index in [2.05, 4.69) is 17.6 Å². The SMILES string of the molecule is CC1CCC(NC(=O)C(C)NC(=O)C2CCCC2)(C(=O)O)CC1. The number of rotatable bonds is 5. The molecule has 2 fully saturated rings. The normalized spacial score (nSPS) is 29.7. The van der Waals surface area contributed by atoms with Crippen molar-refractivity contribution < 1.29 is 19.5 Å². The van der Waals surface area contributed by atoms with E-state index in [1.54, 1.807) is 6.92 Å². The van der Waals surface area contributed by atoms with Gasteiger partial charge >= 0.3 is 5.97 Å². The molecule has 3 N–H and O–H groups in total. The Balaban J connectivity index is 1.92. The Morgan fingerprint density at radius 1 is 1.09 bits per heavy atom. The quantitative estimate of drug-likeness (QED) is 0.719. The molecule has 2 aliphatic carbocycles. The minimum Gasteiger partial charge on any atom is -0.480 e. The van der Waals surface area contributed by atoms with Gasteiger partial charge in [0.1, 0.15) is 11.6 Å². The average Bonchev–Trinajstić information content (AvgIpc) is 3.03. The van der Waals surface area contributed by atoms with Crippen LogP contribution in [0.15, 0.2) is 0 Å². The molecule has 2 saturated carbocycles. The van der Waals surface area contributed by atoms with Gasteiger partial charge in [-0.1, -0.05) is 19.8 Å². The van der Waals surface area contributed by atoms with Gasteiger partial charge in [0, 0.05) is 5.92 Å². The van der Waals surface area contributed by atoms with Gasteiger partial charge in [-0.25, -0.2) is 4.79 Å². The summed E-state index contributed by atoms with van der Waals surface area (Å²) in [7, 11) is 0. The zero-order chi connectivity index (χ0) is 17.0. The van der Waals surface area contributed by atoms with Gasteiger partial charge in [-0.15, -0.1) is 0 Å². The topological polar surface area (TPSA) is 95.5 Å². The number of carboxylic acids is 1. The molecule has 1 unspecified atom stereocenters. The van der Waals surface area contributed by atoms with E-state index in [-0.39, 0.29) is 11.8 Å². The Bertz CT molecular complexity index is 463. The fourth-order valence-electron chi connectivity index (χ4n) is 3.58. The lowest BCUT2D eigenvalue weighted by Gasteiger charge is -2.37. The van der Waals surface area contributed by atoms with Crippen LogP contribution < -0.4 is 10.6 Å². The highest BCUT2D eigenvalue weighted by atomic mass is 16.4. The molecule has 6 heteroatoms. The fourth-order valence-corrected chi connectivity index (χ4v) is 3.58. The molecule has 6 nitrogen and oxygen atoms in total. The molecule has 23 heavy (non-hydrogen) atoms. The number of hydrogen-bond donors (Lipinski definition) is 3. The first-order valence-electron chi connectivity index (χ1n) is 8.70.